The van der Waals surface area contributed by atoms with Gasteiger partial charge in [-0.05, 0) is 35.6 Å². The molecule has 0 aromatic heterocycles. The molecule has 1 unspecified atom stereocenters. The van der Waals surface area contributed by atoms with Crippen molar-refractivity contribution in [1.82, 2.24) is 0 Å². The van der Waals surface area contributed by atoms with Crippen LogP contribution >= 0.6 is 7.14 Å². The molecule has 0 N–H and O–H groups in total. The molecule has 0 amide bonds. The number of benzene rings is 2. The lowest BCUT2D eigenvalue weighted by molar-refractivity contribution is 0.287. The maximum Gasteiger partial charge on any atom is 0.377 e. The largest absolute Gasteiger partial charge is 0.377 e. The van der Waals surface area contributed by atoms with Crippen LogP contribution in [0.1, 0.15) is 27.7 Å². The van der Waals surface area contributed by atoms with Crippen molar-refractivity contribution in [3.05, 3.63) is 60.7 Å². The van der Waals surface area contributed by atoms with Crippen molar-refractivity contribution in [2.45, 2.75) is 27.7 Å². The third-order valence-corrected chi connectivity index (χ3v) is 8.04. The van der Waals surface area contributed by atoms with E-state index in [2.05, 4.69) is 88.4 Å². The van der Waals surface area contributed by atoms with Gasteiger partial charge in [0.1, 0.15) is 0 Å². The molecule has 0 saturated carbocycles. The molecule has 0 aliphatic carbocycles. The Balaban J connectivity index is 2.45. The van der Waals surface area contributed by atoms with Crippen molar-refractivity contribution in [3.63, 3.8) is 0 Å². The molecule has 2 radical (unpaired) electrons. The third kappa shape index (κ3) is 3.77. The molecule has 0 heterocycles. The van der Waals surface area contributed by atoms with E-state index in [9.17, 15) is 0 Å². The first-order valence-corrected chi connectivity index (χ1v) is 9.66. The van der Waals surface area contributed by atoms with Crippen LogP contribution in [0.15, 0.2) is 60.7 Å². The standard InChI is InChI=1S/C19H25BP/c1-16(19(2,3)4)15-21(20,17-11-7-5-8-12-17)18-13-9-6-10-14-18/h5-14,16H,15H2,1-4H3/q+1. The molecule has 108 valence electrons. The maximum absolute atomic E-state index is 7.05. The maximum atomic E-state index is 7.05. The molecule has 0 aliphatic rings. The minimum Gasteiger partial charge on any atom is -0.0620 e. The Bertz CT molecular complexity index is 518. The molecule has 0 saturated heterocycles. The van der Waals surface area contributed by atoms with Gasteiger partial charge in [0.2, 0.25) is 0 Å². The summed E-state index contributed by atoms with van der Waals surface area (Å²) in [6, 6.07) is 21.3. The second kappa shape index (κ2) is 6.36. The van der Waals surface area contributed by atoms with Crippen molar-refractivity contribution >= 4 is 25.3 Å². The quantitative estimate of drug-likeness (QED) is 0.578. The fourth-order valence-electron chi connectivity index (χ4n) is 2.45. The smallest absolute Gasteiger partial charge is 0.0620 e. The van der Waals surface area contributed by atoms with Gasteiger partial charge in [-0.25, -0.2) is 0 Å². The second-order valence-corrected chi connectivity index (χ2v) is 10.1. The summed E-state index contributed by atoms with van der Waals surface area (Å²) in [7, 11) is 5.22. The zero-order chi connectivity index (χ0) is 15.5. The molecule has 21 heavy (non-hydrogen) atoms. The van der Waals surface area contributed by atoms with Crippen LogP contribution in [0.5, 0.6) is 0 Å². The van der Waals surface area contributed by atoms with Gasteiger partial charge in [-0.1, -0.05) is 64.1 Å². The lowest BCUT2D eigenvalue weighted by atomic mass is 9.83. The summed E-state index contributed by atoms with van der Waals surface area (Å²) in [4.78, 5) is 0. The third-order valence-electron chi connectivity index (χ3n) is 4.47. The van der Waals surface area contributed by atoms with Crippen LogP contribution in [0.3, 0.4) is 0 Å². The van der Waals surface area contributed by atoms with Gasteiger partial charge in [-0.2, -0.15) is 0 Å². The molecule has 2 heteroatoms. The van der Waals surface area contributed by atoms with E-state index < -0.39 is 7.14 Å². The first-order chi connectivity index (χ1) is 9.84. The Kier molecular flexibility index (Phi) is 4.94. The molecule has 2 rings (SSSR count). The van der Waals surface area contributed by atoms with E-state index in [4.69, 9.17) is 7.57 Å². The summed E-state index contributed by atoms with van der Waals surface area (Å²) in [6.07, 6.45) is 1.05. The first kappa shape index (κ1) is 16.3. The van der Waals surface area contributed by atoms with Crippen molar-refractivity contribution in [2.75, 3.05) is 6.16 Å². The fraction of sp³-hybridized carbons (Fsp3) is 0.368. The molecular weight excluding hydrogens is 270 g/mol. The molecule has 1 atom stereocenters. The second-order valence-electron chi connectivity index (χ2n) is 6.99. The summed E-state index contributed by atoms with van der Waals surface area (Å²) in [5.74, 6) is 0.566. The van der Waals surface area contributed by atoms with E-state index in [1.54, 1.807) is 0 Å². The topological polar surface area (TPSA) is 0 Å². The predicted molar refractivity (Wildman–Crippen MR) is 98.3 cm³/mol. The molecule has 0 nitrogen and oxygen atoms in total. The van der Waals surface area contributed by atoms with Gasteiger partial charge in [0.15, 0.2) is 0 Å². The van der Waals surface area contributed by atoms with E-state index in [-0.39, 0.29) is 5.41 Å². The summed E-state index contributed by atoms with van der Waals surface area (Å²) >= 11 is 0. The minimum atomic E-state index is -1.83. The Labute approximate surface area is 131 Å². The molecule has 0 spiro atoms. The number of rotatable bonds is 4. The highest BCUT2D eigenvalue weighted by Crippen LogP contribution is 2.54. The van der Waals surface area contributed by atoms with E-state index in [1.165, 1.54) is 10.6 Å². The van der Waals surface area contributed by atoms with Gasteiger partial charge < -0.3 is 0 Å². The highest BCUT2D eigenvalue weighted by molar-refractivity contribution is 8.08. The number of hydrogen-bond acceptors (Lipinski definition) is 0. The Morgan fingerprint density at radius 3 is 1.57 bits per heavy atom. The van der Waals surface area contributed by atoms with Gasteiger partial charge in [0.05, 0.1) is 16.8 Å². The zero-order valence-electron chi connectivity index (χ0n) is 13.6. The zero-order valence-corrected chi connectivity index (χ0v) is 14.5. The average Bonchev–Trinajstić information content (AvgIpc) is 2.48. The predicted octanol–water partition coefficient (Wildman–Crippen LogP) is 4.42. The molecular formula is C19H25BP+. The van der Waals surface area contributed by atoms with E-state index in [1.807, 2.05) is 0 Å². The summed E-state index contributed by atoms with van der Waals surface area (Å²) in [5.41, 5.74) is 0.272. The Morgan fingerprint density at radius 1 is 0.857 bits per heavy atom. The average molecular weight is 295 g/mol. The lowest BCUT2D eigenvalue weighted by Gasteiger charge is -2.33. The summed E-state index contributed by atoms with van der Waals surface area (Å²) in [5, 5.41) is 2.60. The van der Waals surface area contributed by atoms with Crippen molar-refractivity contribution in [2.24, 2.45) is 11.3 Å². The summed E-state index contributed by atoms with van der Waals surface area (Å²) in [6.45, 7) is 9.24. The van der Waals surface area contributed by atoms with Crippen LogP contribution in [0.2, 0.25) is 0 Å². The van der Waals surface area contributed by atoms with Crippen molar-refractivity contribution in [1.29, 1.82) is 0 Å². The van der Waals surface area contributed by atoms with Gasteiger partial charge in [-0.3, -0.25) is 0 Å². The van der Waals surface area contributed by atoms with Crippen molar-refractivity contribution < 1.29 is 0 Å². The molecule has 0 bridgehead atoms. The van der Waals surface area contributed by atoms with Crippen LogP contribution in [0.4, 0.5) is 0 Å². The molecule has 2 aromatic carbocycles. The fourth-order valence-corrected chi connectivity index (χ4v) is 5.99. The van der Waals surface area contributed by atoms with Crippen LogP contribution in [-0.4, -0.2) is 13.7 Å². The first-order valence-electron chi connectivity index (χ1n) is 7.62. The Hall–Kier alpha value is -1.07. The van der Waals surface area contributed by atoms with Crippen LogP contribution in [0.25, 0.3) is 0 Å². The highest BCUT2D eigenvalue weighted by Gasteiger charge is 2.41. The SMILES string of the molecule is [B][P+](CC(C)C(C)(C)C)(c1ccccc1)c1ccccc1. The van der Waals surface area contributed by atoms with E-state index in [0.717, 1.165) is 6.16 Å². The van der Waals surface area contributed by atoms with Crippen molar-refractivity contribution in [3.8, 4) is 0 Å². The van der Waals surface area contributed by atoms with Crippen LogP contribution in [0, 0.1) is 11.3 Å². The van der Waals surface area contributed by atoms with Gasteiger partial charge in [0, 0.05) is 7.14 Å². The monoisotopic (exact) mass is 295 g/mol. The van der Waals surface area contributed by atoms with Gasteiger partial charge in [0.25, 0.3) is 0 Å². The summed E-state index contributed by atoms with van der Waals surface area (Å²) < 4.78 is 0. The minimum absolute atomic E-state index is 0.272. The van der Waals surface area contributed by atoms with Crippen LogP contribution < -0.4 is 10.6 Å². The van der Waals surface area contributed by atoms with E-state index in [0.29, 0.717) is 5.92 Å². The molecule has 0 aliphatic heterocycles. The van der Waals surface area contributed by atoms with Crippen LogP contribution in [-0.2, 0) is 0 Å². The van der Waals surface area contributed by atoms with E-state index >= 15 is 0 Å². The number of hydrogen-bond donors (Lipinski definition) is 0. The normalized spacial score (nSPS) is 13.9. The Morgan fingerprint density at radius 2 is 1.24 bits per heavy atom. The highest BCUT2D eigenvalue weighted by atomic mass is 31.2. The molecule has 0 fully saturated rings. The van der Waals surface area contributed by atoms with Gasteiger partial charge >= 0.3 is 7.57 Å². The van der Waals surface area contributed by atoms with Gasteiger partial charge in [-0.15, -0.1) is 0 Å². The molecule has 2 aromatic rings. The lowest BCUT2D eigenvalue weighted by Crippen LogP contribution is -2.31.